The molecule has 0 spiro atoms. The summed E-state index contributed by atoms with van der Waals surface area (Å²) in [7, 11) is 0. The predicted molar refractivity (Wildman–Crippen MR) is 77.5 cm³/mol. The number of fused-ring (bicyclic) bond motifs is 1. The number of hydrogen-bond donors (Lipinski definition) is 1. The van der Waals surface area contributed by atoms with Crippen molar-refractivity contribution in [2.75, 3.05) is 18.1 Å². The van der Waals surface area contributed by atoms with Gasteiger partial charge in [0, 0.05) is 0 Å². The van der Waals surface area contributed by atoms with Gasteiger partial charge in [0.2, 0.25) is 0 Å². The highest BCUT2D eigenvalue weighted by Gasteiger charge is 2.20. The van der Waals surface area contributed by atoms with Gasteiger partial charge in [-0.15, -0.1) is 0 Å². The van der Waals surface area contributed by atoms with Gasteiger partial charge in [-0.05, 0) is 54.4 Å². The molecule has 0 heterocycles. The van der Waals surface area contributed by atoms with Crippen LogP contribution >= 0.6 is 11.8 Å². The van der Waals surface area contributed by atoms with Crippen LogP contribution in [0.3, 0.4) is 0 Å². The number of rotatable bonds is 6. The molecule has 0 aliphatic heterocycles. The van der Waals surface area contributed by atoms with Crippen molar-refractivity contribution in [1.82, 2.24) is 0 Å². The lowest BCUT2D eigenvalue weighted by Gasteiger charge is -2.23. The Balaban J connectivity index is 1.94. The van der Waals surface area contributed by atoms with Gasteiger partial charge >= 0.3 is 0 Å². The van der Waals surface area contributed by atoms with Gasteiger partial charge in [-0.1, -0.05) is 19.1 Å². The van der Waals surface area contributed by atoms with Crippen LogP contribution in [0, 0.1) is 0 Å². The number of ether oxygens (including phenoxy) is 1. The van der Waals surface area contributed by atoms with Crippen LogP contribution in [0.2, 0.25) is 0 Å². The minimum Gasteiger partial charge on any atom is -0.493 e. The normalized spacial score (nSPS) is 18.4. The summed E-state index contributed by atoms with van der Waals surface area (Å²) in [5.74, 6) is 3.31. The zero-order chi connectivity index (χ0) is 12.8. The molecule has 0 fully saturated rings. The Morgan fingerprint density at radius 1 is 1.44 bits per heavy atom. The Bertz CT molecular complexity index is 379. The highest BCUT2D eigenvalue weighted by atomic mass is 32.2. The molecule has 0 saturated heterocycles. The summed E-state index contributed by atoms with van der Waals surface area (Å²) in [5, 5.41) is 9.97. The van der Waals surface area contributed by atoms with Crippen molar-refractivity contribution in [2.24, 2.45) is 0 Å². The van der Waals surface area contributed by atoms with Crippen molar-refractivity contribution in [3.63, 3.8) is 0 Å². The van der Waals surface area contributed by atoms with Gasteiger partial charge in [-0.2, -0.15) is 11.8 Å². The second-order valence-electron chi connectivity index (χ2n) is 4.63. The van der Waals surface area contributed by atoms with Gasteiger partial charge in [-0.25, -0.2) is 0 Å². The molecular weight excluding hydrogens is 244 g/mol. The third kappa shape index (κ3) is 3.42. The summed E-state index contributed by atoms with van der Waals surface area (Å²) >= 11 is 1.95. The maximum absolute atomic E-state index is 9.97. The fourth-order valence-electron chi connectivity index (χ4n) is 2.41. The van der Waals surface area contributed by atoms with E-state index >= 15 is 0 Å². The largest absolute Gasteiger partial charge is 0.493 e. The van der Waals surface area contributed by atoms with Crippen molar-refractivity contribution in [3.05, 3.63) is 29.3 Å². The first-order valence-corrected chi connectivity index (χ1v) is 7.98. The lowest BCUT2D eigenvalue weighted by molar-refractivity contribution is 0.155. The second-order valence-corrected chi connectivity index (χ2v) is 6.02. The quantitative estimate of drug-likeness (QED) is 0.798. The molecule has 2 nitrogen and oxygen atoms in total. The molecule has 0 saturated carbocycles. The first-order chi connectivity index (χ1) is 8.83. The van der Waals surface area contributed by atoms with Gasteiger partial charge < -0.3 is 9.84 Å². The topological polar surface area (TPSA) is 29.5 Å². The van der Waals surface area contributed by atoms with E-state index in [9.17, 15) is 5.11 Å². The number of benzene rings is 1. The molecule has 3 heteroatoms. The van der Waals surface area contributed by atoms with Crippen molar-refractivity contribution in [1.29, 1.82) is 0 Å². The molecule has 18 heavy (non-hydrogen) atoms. The molecule has 1 aromatic rings. The van der Waals surface area contributed by atoms with Crippen LogP contribution in [0.4, 0.5) is 0 Å². The Morgan fingerprint density at radius 2 is 2.33 bits per heavy atom. The summed E-state index contributed by atoms with van der Waals surface area (Å²) in [6.07, 6.45) is 3.76. The van der Waals surface area contributed by atoms with Crippen molar-refractivity contribution in [2.45, 2.75) is 38.7 Å². The zero-order valence-corrected chi connectivity index (χ0v) is 11.8. The van der Waals surface area contributed by atoms with E-state index in [1.54, 1.807) is 0 Å². The third-order valence-electron chi connectivity index (χ3n) is 3.33. The summed E-state index contributed by atoms with van der Waals surface area (Å²) in [5.41, 5.74) is 2.29. The molecule has 1 N–H and O–H groups in total. The molecule has 0 amide bonds. The molecule has 0 radical (unpaired) electrons. The van der Waals surface area contributed by atoms with Crippen LogP contribution in [0.25, 0.3) is 0 Å². The van der Waals surface area contributed by atoms with E-state index in [0.717, 1.165) is 49.4 Å². The highest BCUT2D eigenvalue weighted by molar-refractivity contribution is 7.99. The Morgan fingerprint density at radius 3 is 3.17 bits per heavy atom. The van der Waals surface area contributed by atoms with Crippen LogP contribution in [0.5, 0.6) is 5.75 Å². The van der Waals surface area contributed by atoms with Crippen LogP contribution in [0.1, 0.15) is 43.4 Å². The van der Waals surface area contributed by atoms with E-state index in [-0.39, 0.29) is 6.10 Å². The van der Waals surface area contributed by atoms with Crippen molar-refractivity contribution in [3.8, 4) is 5.75 Å². The molecule has 0 bridgehead atoms. The first kappa shape index (κ1) is 13.8. The monoisotopic (exact) mass is 266 g/mol. The van der Waals surface area contributed by atoms with E-state index < -0.39 is 0 Å². The average Bonchev–Trinajstić information content (AvgIpc) is 2.39. The Labute approximate surface area is 114 Å². The summed E-state index contributed by atoms with van der Waals surface area (Å²) in [4.78, 5) is 0. The standard InChI is InChI=1S/C15H22O2S/c1-2-18-11-5-10-17-15-9-4-6-12-13(15)7-3-8-14(12)16/h4,6,9,14,16H,2-3,5,7-8,10-11H2,1H3. The number of hydrogen-bond acceptors (Lipinski definition) is 3. The summed E-state index contributed by atoms with van der Waals surface area (Å²) in [6, 6.07) is 6.05. The Hall–Kier alpha value is -0.670. The molecule has 1 aliphatic carbocycles. The van der Waals surface area contributed by atoms with E-state index in [2.05, 4.69) is 6.92 Å². The van der Waals surface area contributed by atoms with E-state index in [1.807, 2.05) is 30.0 Å². The molecule has 100 valence electrons. The minimum atomic E-state index is -0.298. The highest BCUT2D eigenvalue weighted by Crippen LogP contribution is 2.35. The molecule has 0 aromatic heterocycles. The molecule has 2 rings (SSSR count). The SMILES string of the molecule is CCSCCCOc1cccc2c1CCCC2O. The van der Waals surface area contributed by atoms with E-state index in [1.165, 1.54) is 11.3 Å². The van der Waals surface area contributed by atoms with Gasteiger partial charge in [-0.3, -0.25) is 0 Å². The molecule has 1 unspecified atom stereocenters. The summed E-state index contributed by atoms with van der Waals surface area (Å²) in [6.45, 7) is 2.96. The van der Waals surface area contributed by atoms with Crippen LogP contribution < -0.4 is 4.74 Å². The minimum absolute atomic E-state index is 0.298. The van der Waals surface area contributed by atoms with E-state index in [4.69, 9.17) is 4.74 Å². The van der Waals surface area contributed by atoms with Gasteiger partial charge in [0.25, 0.3) is 0 Å². The van der Waals surface area contributed by atoms with Crippen LogP contribution in [-0.4, -0.2) is 23.2 Å². The summed E-state index contributed by atoms with van der Waals surface area (Å²) < 4.78 is 5.87. The molecular formula is C15H22O2S. The fraction of sp³-hybridized carbons (Fsp3) is 0.600. The lowest BCUT2D eigenvalue weighted by atomic mass is 9.89. The zero-order valence-electron chi connectivity index (χ0n) is 11.0. The number of aliphatic hydroxyl groups is 1. The second kappa shape index (κ2) is 7.05. The molecule has 1 aliphatic rings. The van der Waals surface area contributed by atoms with Gasteiger partial charge in [0.05, 0.1) is 12.7 Å². The van der Waals surface area contributed by atoms with Crippen molar-refractivity contribution < 1.29 is 9.84 Å². The predicted octanol–water partition coefficient (Wildman–Crippen LogP) is 3.58. The van der Waals surface area contributed by atoms with Gasteiger partial charge in [0.15, 0.2) is 0 Å². The number of thioether (sulfide) groups is 1. The maximum atomic E-state index is 9.97. The first-order valence-electron chi connectivity index (χ1n) is 6.83. The van der Waals surface area contributed by atoms with E-state index in [0.29, 0.717) is 0 Å². The van der Waals surface area contributed by atoms with Crippen LogP contribution in [0.15, 0.2) is 18.2 Å². The third-order valence-corrected chi connectivity index (χ3v) is 4.31. The van der Waals surface area contributed by atoms with Crippen molar-refractivity contribution >= 4 is 11.8 Å². The molecule has 1 atom stereocenters. The van der Waals surface area contributed by atoms with Gasteiger partial charge in [0.1, 0.15) is 5.75 Å². The molecule has 1 aromatic carbocycles. The average molecular weight is 266 g/mol. The smallest absolute Gasteiger partial charge is 0.122 e. The number of aliphatic hydroxyl groups excluding tert-OH is 1. The maximum Gasteiger partial charge on any atom is 0.122 e. The van der Waals surface area contributed by atoms with Crippen LogP contribution in [-0.2, 0) is 6.42 Å². The Kier molecular flexibility index (Phi) is 5.39. The lowest BCUT2D eigenvalue weighted by Crippen LogP contribution is -2.11. The fourth-order valence-corrected chi connectivity index (χ4v) is 3.02.